The number of carbonyl (C=O) groups is 1. The van der Waals surface area contributed by atoms with Crippen molar-refractivity contribution in [1.82, 2.24) is 15.3 Å². The van der Waals surface area contributed by atoms with Crippen LogP contribution < -0.4 is 15.5 Å². The maximum absolute atomic E-state index is 12.4. The molecule has 2 fully saturated rings. The molecule has 2 saturated heterocycles. The minimum Gasteiger partial charge on any atom is -0.378 e. The number of anilines is 3. The van der Waals surface area contributed by atoms with Crippen LogP contribution in [-0.2, 0) is 9.47 Å². The smallest absolute Gasteiger partial charge is 0.251 e. The SMILES string of the molecule is O=C(NCC1OCCC1c1ccnc(Nc2ccc(N3CCOCC3)cc2)n1)c1ccccc1. The highest BCUT2D eigenvalue weighted by molar-refractivity contribution is 5.94. The van der Waals surface area contributed by atoms with Gasteiger partial charge in [0.05, 0.1) is 25.0 Å². The summed E-state index contributed by atoms with van der Waals surface area (Å²) in [7, 11) is 0. The number of carbonyl (C=O) groups excluding carboxylic acids is 1. The van der Waals surface area contributed by atoms with Crippen molar-refractivity contribution in [2.45, 2.75) is 18.4 Å². The monoisotopic (exact) mass is 459 g/mol. The van der Waals surface area contributed by atoms with E-state index in [-0.39, 0.29) is 17.9 Å². The summed E-state index contributed by atoms with van der Waals surface area (Å²) < 4.78 is 11.4. The fourth-order valence-electron chi connectivity index (χ4n) is 4.42. The first-order chi connectivity index (χ1) is 16.8. The predicted molar refractivity (Wildman–Crippen MR) is 131 cm³/mol. The van der Waals surface area contributed by atoms with Gasteiger partial charge in [0, 0.05) is 55.3 Å². The minimum atomic E-state index is -0.122. The number of ether oxygens (including phenoxy) is 2. The molecule has 0 bridgehead atoms. The molecule has 2 N–H and O–H groups in total. The number of amides is 1. The van der Waals surface area contributed by atoms with Crippen molar-refractivity contribution >= 4 is 23.2 Å². The summed E-state index contributed by atoms with van der Waals surface area (Å²) in [5.74, 6) is 0.555. The van der Waals surface area contributed by atoms with Crippen LogP contribution in [0.4, 0.5) is 17.3 Å². The van der Waals surface area contributed by atoms with Gasteiger partial charge >= 0.3 is 0 Å². The molecule has 2 aliphatic heterocycles. The van der Waals surface area contributed by atoms with Crippen LogP contribution >= 0.6 is 0 Å². The van der Waals surface area contributed by atoms with E-state index in [9.17, 15) is 4.79 Å². The average molecular weight is 460 g/mol. The molecule has 2 atom stereocenters. The van der Waals surface area contributed by atoms with Crippen LogP contribution in [0.1, 0.15) is 28.4 Å². The third-order valence-electron chi connectivity index (χ3n) is 6.27. The van der Waals surface area contributed by atoms with E-state index in [2.05, 4.69) is 32.7 Å². The van der Waals surface area contributed by atoms with Gasteiger partial charge in [0.15, 0.2) is 0 Å². The van der Waals surface area contributed by atoms with Crippen LogP contribution in [0.5, 0.6) is 0 Å². The lowest BCUT2D eigenvalue weighted by Gasteiger charge is -2.28. The Kier molecular flexibility index (Phi) is 6.97. The molecule has 5 rings (SSSR count). The first kappa shape index (κ1) is 22.3. The Morgan fingerprint density at radius 3 is 2.59 bits per heavy atom. The van der Waals surface area contributed by atoms with E-state index in [0.29, 0.717) is 24.7 Å². The lowest BCUT2D eigenvalue weighted by Crippen LogP contribution is -2.36. The second-order valence-corrected chi connectivity index (χ2v) is 8.46. The summed E-state index contributed by atoms with van der Waals surface area (Å²) in [4.78, 5) is 23.9. The zero-order valence-electron chi connectivity index (χ0n) is 19.0. The number of nitrogens with zero attached hydrogens (tertiary/aromatic N) is 3. The third-order valence-corrected chi connectivity index (χ3v) is 6.27. The second-order valence-electron chi connectivity index (χ2n) is 8.46. The number of rotatable bonds is 7. The van der Waals surface area contributed by atoms with Crippen molar-refractivity contribution in [3.63, 3.8) is 0 Å². The van der Waals surface area contributed by atoms with Gasteiger partial charge in [-0.05, 0) is 48.9 Å². The number of morpholine rings is 1. The highest BCUT2D eigenvalue weighted by atomic mass is 16.5. The molecular weight excluding hydrogens is 430 g/mol. The molecule has 0 saturated carbocycles. The van der Waals surface area contributed by atoms with Crippen LogP contribution in [-0.4, -0.2) is 61.4 Å². The van der Waals surface area contributed by atoms with Gasteiger partial charge in [-0.15, -0.1) is 0 Å². The molecule has 1 amide bonds. The van der Waals surface area contributed by atoms with E-state index >= 15 is 0 Å². The highest BCUT2D eigenvalue weighted by Gasteiger charge is 2.31. The van der Waals surface area contributed by atoms with Gasteiger partial charge in [0.1, 0.15) is 0 Å². The summed E-state index contributed by atoms with van der Waals surface area (Å²) in [5.41, 5.74) is 3.68. The molecule has 8 nitrogen and oxygen atoms in total. The van der Waals surface area contributed by atoms with Gasteiger partial charge in [-0.1, -0.05) is 18.2 Å². The van der Waals surface area contributed by atoms with Gasteiger partial charge in [0.25, 0.3) is 5.91 Å². The fraction of sp³-hybridized carbons (Fsp3) is 0.346. The minimum absolute atomic E-state index is 0.0968. The molecule has 3 aromatic rings. The predicted octanol–water partition coefficient (Wildman–Crippen LogP) is 3.36. The third kappa shape index (κ3) is 5.35. The lowest BCUT2D eigenvalue weighted by molar-refractivity contribution is 0.0831. The topological polar surface area (TPSA) is 88.6 Å². The van der Waals surface area contributed by atoms with E-state index in [1.54, 1.807) is 18.3 Å². The zero-order valence-corrected chi connectivity index (χ0v) is 19.0. The van der Waals surface area contributed by atoms with Gasteiger partial charge in [-0.25, -0.2) is 9.97 Å². The standard InChI is InChI=1S/C26H29N5O3/c32-25(19-4-2-1-3-5-19)28-18-24-22(11-15-34-24)23-10-12-27-26(30-23)29-20-6-8-21(9-7-20)31-13-16-33-17-14-31/h1-10,12,22,24H,11,13-18H2,(H,28,32)(H,27,29,30). The van der Waals surface area contributed by atoms with Gasteiger partial charge < -0.3 is 25.0 Å². The molecule has 2 aliphatic rings. The Hall–Kier alpha value is -3.49. The van der Waals surface area contributed by atoms with E-state index in [4.69, 9.17) is 14.5 Å². The van der Waals surface area contributed by atoms with Crippen molar-refractivity contribution in [2.24, 2.45) is 0 Å². The molecule has 8 heteroatoms. The first-order valence-electron chi connectivity index (χ1n) is 11.7. The van der Waals surface area contributed by atoms with Crippen LogP contribution in [0.15, 0.2) is 66.9 Å². The fourth-order valence-corrected chi connectivity index (χ4v) is 4.42. The Labute approximate surface area is 199 Å². The highest BCUT2D eigenvalue weighted by Crippen LogP contribution is 2.30. The van der Waals surface area contributed by atoms with E-state index in [1.165, 1.54) is 5.69 Å². The number of hydrogen-bond donors (Lipinski definition) is 2. The maximum atomic E-state index is 12.4. The van der Waals surface area contributed by atoms with Crippen LogP contribution in [0.2, 0.25) is 0 Å². The molecule has 2 unspecified atom stereocenters. The van der Waals surface area contributed by atoms with Crippen molar-refractivity contribution in [3.8, 4) is 0 Å². The Morgan fingerprint density at radius 2 is 1.79 bits per heavy atom. The first-order valence-corrected chi connectivity index (χ1v) is 11.7. The van der Waals surface area contributed by atoms with E-state index < -0.39 is 0 Å². The molecule has 2 aromatic carbocycles. The molecule has 176 valence electrons. The number of benzene rings is 2. The van der Waals surface area contributed by atoms with Crippen molar-refractivity contribution < 1.29 is 14.3 Å². The van der Waals surface area contributed by atoms with Gasteiger partial charge in [-0.3, -0.25) is 4.79 Å². The summed E-state index contributed by atoms with van der Waals surface area (Å²) in [6.45, 7) is 4.44. The Bertz CT molecular complexity index is 1090. The summed E-state index contributed by atoms with van der Waals surface area (Å²) in [6, 6.07) is 19.4. The van der Waals surface area contributed by atoms with Gasteiger partial charge in [-0.2, -0.15) is 0 Å². The quantitative estimate of drug-likeness (QED) is 0.560. The summed E-state index contributed by atoms with van der Waals surface area (Å²) in [5, 5.41) is 6.30. The van der Waals surface area contributed by atoms with Crippen LogP contribution in [0, 0.1) is 0 Å². The van der Waals surface area contributed by atoms with Crippen molar-refractivity contribution in [1.29, 1.82) is 0 Å². The molecule has 0 spiro atoms. The summed E-state index contributed by atoms with van der Waals surface area (Å²) >= 11 is 0. The Morgan fingerprint density at radius 1 is 1.00 bits per heavy atom. The largest absolute Gasteiger partial charge is 0.378 e. The molecule has 0 aliphatic carbocycles. The number of hydrogen-bond acceptors (Lipinski definition) is 7. The molecule has 0 radical (unpaired) electrons. The van der Waals surface area contributed by atoms with Crippen LogP contribution in [0.3, 0.4) is 0 Å². The van der Waals surface area contributed by atoms with Crippen LogP contribution in [0.25, 0.3) is 0 Å². The van der Waals surface area contributed by atoms with Crippen molar-refractivity contribution in [3.05, 3.63) is 78.1 Å². The Balaban J connectivity index is 1.21. The lowest BCUT2D eigenvalue weighted by atomic mass is 9.97. The van der Waals surface area contributed by atoms with E-state index in [1.807, 2.05) is 36.4 Å². The number of nitrogens with one attached hydrogen (secondary N) is 2. The normalized spacial score (nSPS) is 20.2. The van der Waals surface area contributed by atoms with E-state index in [0.717, 1.165) is 44.1 Å². The average Bonchev–Trinajstić information content (AvgIpc) is 3.38. The molecule has 3 heterocycles. The van der Waals surface area contributed by atoms with Gasteiger partial charge in [0.2, 0.25) is 5.95 Å². The maximum Gasteiger partial charge on any atom is 0.251 e. The number of aromatic nitrogens is 2. The molecular formula is C26H29N5O3. The molecule has 34 heavy (non-hydrogen) atoms. The summed E-state index contributed by atoms with van der Waals surface area (Å²) in [6.07, 6.45) is 2.50. The molecule has 1 aromatic heterocycles. The zero-order chi connectivity index (χ0) is 23.2. The second kappa shape index (κ2) is 10.6. The van der Waals surface area contributed by atoms with Crippen molar-refractivity contribution in [2.75, 3.05) is 49.7 Å².